The number of rotatable bonds is 5. The highest BCUT2D eigenvalue weighted by molar-refractivity contribution is 7.99. The quantitative estimate of drug-likeness (QED) is 0.633. The van der Waals surface area contributed by atoms with Gasteiger partial charge in [0.2, 0.25) is 18.6 Å². The summed E-state index contributed by atoms with van der Waals surface area (Å²) in [6.07, 6.45) is 0.332. The summed E-state index contributed by atoms with van der Waals surface area (Å²) in [4.78, 5) is 28.6. The molecule has 2 aliphatic rings. The van der Waals surface area contributed by atoms with Crippen LogP contribution in [-0.4, -0.2) is 25.2 Å². The Bertz CT molecular complexity index is 1150. The minimum Gasteiger partial charge on any atom is -0.454 e. The molecule has 3 aromatic carbocycles. The first-order chi connectivity index (χ1) is 15.7. The van der Waals surface area contributed by atoms with E-state index in [1.165, 1.54) is 0 Å². The van der Waals surface area contributed by atoms with Gasteiger partial charge < -0.3 is 19.7 Å². The van der Waals surface area contributed by atoms with Crippen LogP contribution in [0.5, 0.6) is 11.5 Å². The van der Waals surface area contributed by atoms with Gasteiger partial charge in [-0.05, 0) is 35.4 Å². The minimum absolute atomic E-state index is 0.00606. The molecule has 1 atom stereocenters. The van der Waals surface area contributed by atoms with E-state index in [1.54, 1.807) is 16.7 Å². The van der Waals surface area contributed by atoms with Crippen molar-refractivity contribution in [2.75, 3.05) is 18.2 Å². The first kappa shape index (κ1) is 20.5. The number of carbonyl (C=O) groups is 2. The third-order valence-electron chi connectivity index (χ3n) is 5.49. The molecule has 0 aromatic heterocycles. The van der Waals surface area contributed by atoms with Gasteiger partial charge in [-0.1, -0.05) is 48.5 Å². The normalized spacial score (nSPS) is 16.9. The number of nitrogens with zero attached hydrogens (tertiary/aromatic N) is 1. The molecule has 0 saturated heterocycles. The maximum atomic E-state index is 13.2. The molecule has 2 heterocycles. The van der Waals surface area contributed by atoms with Gasteiger partial charge in [-0.15, -0.1) is 11.8 Å². The smallest absolute Gasteiger partial charge is 0.240 e. The number of hydrogen-bond donors (Lipinski definition) is 1. The van der Waals surface area contributed by atoms with Crippen molar-refractivity contribution in [3.63, 3.8) is 0 Å². The molecular formula is C25H22N2O4S. The molecule has 6 nitrogen and oxygen atoms in total. The molecule has 5 rings (SSSR count). The van der Waals surface area contributed by atoms with E-state index in [2.05, 4.69) is 5.32 Å². The van der Waals surface area contributed by atoms with Crippen molar-refractivity contribution in [1.29, 1.82) is 0 Å². The van der Waals surface area contributed by atoms with E-state index < -0.39 is 0 Å². The Morgan fingerprint density at radius 2 is 1.78 bits per heavy atom. The summed E-state index contributed by atoms with van der Waals surface area (Å²) in [6.45, 7) is 0.534. The van der Waals surface area contributed by atoms with Crippen LogP contribution >= 0.6 is 11.8 Å². The number of carbonyl (C=O) groups excluding carboxylic acids is 2. The largest absolute Gasteiger partial charge is 0.454 e. The monoisotopic (exact) mass is 446 g/mol. The average Bonchev–Trinajstić information content (AvgIpc) is 3.24. The summed E-state index contributed by atoms with van der Waals surface area (Å²) < 4.78 is 10.7. The number of benzene rings is 3. The molecule has 0 unspecified atom stereocenters. The Labute approximate surface area is 190 Å². The molecule has 0 radical (unpaired) electrons. The first-order valence-electron chi connectivity index (χ1n) is 10.4. The zero-order valence-electron chi connectivity index (χ0n) is 17.3. The highest BCUT2D eigenvalue weighted by Crippen LogP contribution is 2.45. The van der Waals surface area contributed by atoms with Crippen molar-refractivity contribution in [1.82, 2.24) is 5.32 Å². The molecule has 0 saturated carbocycles. The zero-order valence-corrected chi connectivity index (χ0v) is 18.1. The summed E-state index contributed by atoms with van der Waals surface area (Å²) in [6, 6.07) is 23.4. The number of thioether (sulfide) groups is 1. The van der Waals surface area contributed by atoms with Crippen LogP contribution in [0.4, 0.5) is 5.69 Å². The highest BCUT2D eigenvalue weighted by Gasteiger charge is 2.30. The summed E-state index contributed by atoms with van der Waals surface area (Å²) in [5.41, 5.74) is 2.79. The summed E-state index contributed by atoms with van der Waals surface area (Å²) in [5.74, 6) is 1.11. The zero-order chi connectivity index (χ0) is 21.9. The highest BCUT2D eigenvalue weighted by atomic mass is 32.2. The lowest BCUT2D eigenvalue weighted by Gasteiger charge is -2.22. The van der Waals surface area contributed by atoms with Gasteiger partial charge in [0.15, 0.2) is 11.5 Å². The van der Waals surface area contributed by atoms with Gasteiger partial charge in [-0.3, -0.25) is 9.59 Å². The molecule has 2 amide bonds. The standard InChI is InChI=1S/C25H22N2O4S/c28-24(26-14-17-10-11-20-21(12-17)31-16-30-20)15-27-19-8-4-5-9-22(19)32-23(13-25(27)29)18-6-2-1-3-7-18/h1-12,23H,13-16H2,(H,26,28)/t23-/m1/s1. The van der Waals surface area contributed by atoms with Crippen LogP contribution in [0.25, 0.3) is 0 Å². The number of ether oxygens (including phenoxy) is 2. The molecule has 2 aliphatic heterocycles. The number of fused-ring (bicyclic) bond motifs is 2. The van der Waals surface area contributed by atoms with Gasteiger partial charge in [-0.25, -0.2) is 0 Å². The van der Waals surface area contributed by atoms with E-state index in [1.807, 2.05) is 72.8 Å². The van der Waals surface area contributed by atoms with E-state index in [4.69, 9.17) is 9.47 Å². The molecular weight excluding hydrogens is 424 g/mol. The van der Waals surface area contributed by atoms with Gasteiger partial charge in [0.05, 0.1) is 5.69 Å². The fourth-order valence-electron chi connectivity index (χ4n) is 3.86. The molecule has 1 N–H and O–H groups in total. The van der Waals surface area contributed by atoms with Crippen LogP contribution in [0.15, 0.2) is 77.7 Å². The fourth-order valence-corrected chi connectivity index (χ4v) is 5.14. The van der Waals surface area contributed by atoms with Crippen LogP contribution in [0.2, 0.25) is 0 Å². The summed E-state index contributed by atoms with van der Waals surface area (Å²) in [7, 11) is 0. The van der Waals surface area contributed by atoms with Crippen molar-refractivity contribution >= 4 is 29.3 Å². The molecule has 3 aromatic rings. The second-order valence-corrected chi connectivity index (χ2v) is 8.88. The molecule has 0 spiro atoms. The predicted octanol–water partition coefficient (Wildman–Crippen LogP) is 4.30. The maximum absolute atomic E-state index is 13.2. The third kappa shape index (κ3) is 4.29. The van der Waals surface area contributed by atoms with Crippen LogP contribution < -0.4 is 19.7 Å². The lowest BCUT2D eigenvalue weighted by molar-refractivity contribution is -0.124. The first-order valence-corrected chi connectivity index (χ1v) is 11.3. The van der Waals surface area contributed by atoms with E-state index in [0.29, 0.717) is 24.5 Å². The number of hydrogen-bond acceptors (Lipinski definition) is 5. The van der Waals surface area contributed by atoms with Crippen molar-refractivity contribution in [2.24, 2.45) is 0 Å². The Kier molecular flexibility index (Phi) is 5.73. The minimum atomic E-state index is -0.214. The SMILES string of the molecule is O=C(CN1C(=O)C[C@H](c2ccccc2)Sc2ccccc21)NCc1ccc2c(c1)OCO2. The Balaban J connectivity index is 1.30. The van der Waals surface area contributed by atoms with Crippen LogP contribution in [0.1, 0.15) is 22.8 Å². The van der Waals surface area contributed by atoms with Crippen LogP contribution in [0, 0.1) is 0 Å². The summed E-state index contributed by atoms with van der Waals surface area (Å²) >= 11 is 1.67. The fraction of sp³-hybridized carbons (Fsp3) is 0.200. The topological polar surface area (TPSA) is 67.9 Å². The Morgan fingerprint density at radius 1 is 1.00 bits per heavy atom. The van der Waals surface area contributed by atoms with Gasteiger partial charge in [0.25, 0.3) is 0 Å². The molecule has 0 aliphatic carbocycles. The Morgan fingerprint density at radius 3 is 2.66 bits per heavy atom. The number of amides is 2. The van der Waals surface area contributed by atoms with E-state index in [0.717, 1.165) is 21.7 Å². The molecule has 162 valence electrons. The van der Waals surface area contributed by atoms with Crippen molar-refractivity contribution in [2.45, 2.75) is 23.1 Å². The third-order valence-corrected chi connectivity index (χ3v) is 6.81. The summed E-state index contributed by atoms with van der Waals surface area (Å²) in [5, 5.41) is 2.92. The lowest BCUT2D eigenvalue weighted by Crippen LogP contribution is -2.40. The molecule has 7 heteroatoms. The molecule has 0 bridgehead atoms. The number of nitrogens with one attached hydrogen (secondary N) is 1. The van der Waals surface area contributed by atoms with Crippen LogP contribution in [-0.2, 0) is 16.1 Å². The van der Waals surface area contributed by atoms with Gasteiger partial charge >= 0.3 is 0 Å². The molecule has 0 fully saturated rings. The van der Waals surface area contributed by atoms with Crippen molar-refractivity contribution in [3.8, 4) is 11.5 Å². The van der Waals surface area contributed by atoms with Crippen molar-refractivity contribution < 1.29 is 19.1 Å². The predicted molar refractivity (Wildman–Crippen MR) is 123 cm³/mol. The second-order valence-electron chi connectivity index (χ2n) is 7.63. The van der Waals surface area contributed by atoms with E-state index >= 15 is 0 Å². The number of para-hydroxylation sites is 1. The van der Waals surface area contributed by atoms with Gasteiger partial charge in [0, 0.05) is 23.1 Å². The van der Waals surface area contributed by atoms with Crippen LogP contribution in [0.3, 0.4) is 0 Å². The van der Waals surface area contributed by atoms with Gasteiger partial charge in [0.1, 0.15) is 6.54 Å². The lowest BCUT2D eigenvalue weighted by atomic mass is 10.1. The Hall–Kier alpha value is -3.45. The number of anilines is 1. The van der Waals surface area contributed by atoms with Crippen molar-refractivity contribution in [3.05, 3.63) is 83.9 Å². The van der Waals surface area contributed by atoms with E-state index in [-0.39, 0.29) is 30.4 Å². The van der Waals surface area contributed by atoms with Gasteiger partial charge in [-0.2, -0.15) is 0 Å². The average molecular weight is 447 g/mol. The second kappa shape index (κ2) is 8.96. The molecule has 32 heavy (non-hydrogen) atoms. The van der Waals surface area contributed by atoms with E-state index in [9.17, 15) is 9.59 Å². The maximum Gasteiger partial charge on any atom is 0.240 e.